The molecule has 0 amide bonds. The molecule has 2 atom stereocenters. The van der Waals surface area contributed by atoms with Crippen LogP contribution in [0.2, 0.25) is 0 Å². The highest BCUT2D eigenvalue weighted by Gasteiger charge is 2.53. The van der Waals surface area contributed by atoms with E-state index in [1.165, 1.54) is 125 Å². The lowest BCUT2D eigenvalue weighted by molar-refractivity contribution is 0.183. The van der Waals surface area contributed by atoms with E-state index in [1.54, 1.807) is 0 Å². The molecular formula is C82H63N3S. The second kappa shape index (κ2) is 19.6. The van der Waals surface area contributed by atoms with Crippen molar-refractivity contribution in [1.29, 1.82) is 0 Å². The Morgan fingerprint density at radius 2 is 0.895 bits per heavy atom. The van der Waals surface area contributed by atoms with E-state index in [4.69, 9.17) is 0 Å². The van der Waals surface area contributed by atoms with Crippen molar-refractivity contribution in [1.82, 2.24) is 9.13 Å². The number of anilines is 3. The number of rotatable bonds is 8. The van der Waals surface area contributed by atoms with E-state index < -0.39 is 10.0 Å². The summed E-state index contributed by atoms with van der Waals surface area (Å²) in [7, 11) is -1.91. The van der Waals surface area contributed by atoms with Crippen molar-refractivity contribution in [3.8, 4) is 44.8 Å². The van der Waals surface area contributed by atoms with Crippen LogP contribution in [0.25, 0.3) is 88.4 Å². The van der Waals surface area contributed by atoms with Crippen molar-refractivity contribution in [2.45, 2.75) is 58.1 Å². The van der Waals surface area contributed by atoms with Crippen molar-refractivity contribution in [3.63, 3.8) is 0 Å². The van der Waals surface area contributed by atoms with Gasteiger partial charge < -0.3 is 14.0 Å². The van der Waals surface area contributed by atoms with E-state index in [0.717, 1.165) is 36.3 Å². The lowest BCUT2D eigenvalue weighted by Crippen LogP contribution is -2.48. The topological polar surface area (TPSA) is 13.1 Å². The summed E-state index contributed by atoms with van der Waals surface area (Å²) >= 11 is 0. The first-order chi connectivity index (χ1) is 42.4. The van der Waals surface area contributed by atoms with Crippen LogP contribution < -0.4 is 4.90 Å². The summed E-state index contributed by atoms with van der Waals surface area (Å²) in [5.74, 6) is 0.774. The molecule has 0 bridgehead atoms. The molecule has 1 fully saturated rings. The molecule has 14 aromatic rings. The minimum Gasteiger partial charge on any atom is -0.310 e. The second-order valence-corrected chi connectivity index (χ2v) is 27.1. The summed E-state index contributed by atoms with van der Waals surface area (Å²) in [5, 5.41) is 4.94. The van der Waals surface area contributed by atoms with Crippen LogP contribution in [0, 0.1) is 11.8 Å². The van der Waals surface area contributed by atoms with Gasteiger partial charge in [-0.1, -0.05) is 202 Å². The zero-order valence-electron chi connectivity index (χ0n) is 48.4. The van der Waals surface area contributed by atoms with Gasteiger partial charge in [-0.15, -0.1) is 10.0 Å². The lowest BCUT2D eigenvalue weighted by atomic mass is 9.51. The molecule has 2 aliphatic heterocycles. The molecule has 1 aliphatic carbocycles. The zero-order chi connectivity index (χ0) is 57.3. The predicted molar refractivity (Wildman–Crippen MR) is 362 cm³/mol. The lowest BCUT2D eigenvalue weighted by Gasteiger charge is -2.55. The number of nitrogens with zero attached hydrogens (tertiary/aromatic N) is 3. The van der Waals surface area contributed by atoms with Crippen LogP contribution in [0.4, 0.5) is 17.1 Å². The summed E-state index contributed by atoms with van der Waals surface area (Å²) in [6.45, 7) is 9.54. The van der Waals surface area contributed by atoms with Crippen LogP contribution >= 0.6 is 10.0 Å². The fourth-order valence-electron chi connectivity index (χ4n) is 16.3. The molecule has 2 aromatic heterocycles. The Labute approximate surface area is 504 Å². The Bertz CT molecular complexity index is 4960. The van der Waals surface area contributed by atoms with Gasteiger partial charge >= 0.3 is 0 Å². The van der Waals surface area contributed by atoms with Crippen molar-refractivity contribution >= 4 is 70.7 Å². The van der Waals surface area contributed by atoms with Crippen LogP contribution in [-0.4, -0.2) is 9.13 Å². The maximum atomic E-state index is 4.65. The van der Waals surface area contributed by atoms with E-state index in [1.807, 2.05) is 0 Å². The predicted octanol–water partition coefficient (Wildman–Crippen LogP) is 22.6. The van der Waals surface area contributed by atoms with Gasteiger partial charge in [0, 0.05) is 69.2 Å². The number of allylic oxidation sites excluding steroid dienone is 1. The Morgan fingerprint density at radius 1 is 0.407 bits per heavy atom. The van der Waals surface area contributed by atoms with E-state index in [9.17, 15) is 0 Å². The first kappa shape index (κ1) is 50.6. The molecule has 17 rings (SSSR count). The first-order valence-corrected chi connectivity index (χ1v) is 32.2. The maximum absolute atomic E-state index is 4.65. The highest BCUT2D eigenvalue weighted by atomic mass is 32.3. The van der Waals surface area contributed by atoms with Gasteiger partial charge in [0.15, 0.2) is 0 Å². The van der Waals surface area contributed by atoms with Gasteiger partial charge in [-0.05, 0) is 179 Å². The minimum atomic E-state index is -1.91. The monoisotopic (exact) mass is 1120 g/mol. The van der Waals surface area contributed by atoms with E-state index in [-0.39, 0.29) is 5.41 Å². The fraction of sp³-hybridized carbons (Fsp3) is 0.0976. The van der Waals surface area contributed by atoms with Gasteiger partial charge in [-0.2, -0.15) is 0 Å². The van der Waals surface area contributed by atoms with Gasteiger partial charge in [0.2, 0.25) is 0 Å². The summed E-state index contributed by atoms with van der Waals surface area (Å²) in [6, 6.07) is 108. The molecule has 12 aromatic carbocycles. The normalized spacial score (nSPS) is 16.8. The molecular weight excluding hydrogens is 1060 g/mol. The molecule has 4 heteroatoms. The van der Waals surface area contributed by atoms with Crippen LogP contribution in [0.15, 0.2) is 317 Å². The van der Waals surface area contributed by atoms with Crippen LogP contribution in [0.1, 0.15) is 44.2 Å². The van der Waals surface area contributed by atoms with Crippen LogP contribution in [0.5, 0.6) is 0 Å². The Balaban J connectivity index is 0.921. The SMILES string of the molecule is C=C1CC(C)C2(c3ccccc3N(c3cc(-c4cccc5c4-c4ccccc4S5(c4ccccc4)c4ccccc4)cc(-n4c5ccccc5c5cc(-c6ccc7c(c6)c6ccccc6n7-c6ccccc6)ccc54)c3)c3ccccc32)C(CC)C1. The van der Waals surface area contributed by atoms with Gasteiger partial charge in [0.1, 0.15) is 0 Å². The maximum Gasteiger partial charge on any atom is 0.0541 e. The van der Waals surface area contributed by atoms with Crippen molar-refractivity contribution in [2.75, 3.05) is 4.90 Å². The molecule has 0 N–H and O–H groups in total. The quantitative estimate of drug-likeness (QED) is 0.138. The molecule has 1 saturated carbocycles. The number of hydrogen-bond acceptors (Lipinski definition) is 1. The zero-order valence-corrected chi connectivity index (χ0v) is 49.2. The van der Waals surface area contributed by atoms with E-state index >= 15 is 0 Å². The van der Waals surface area contributed by atoms with Gasteiger partial charge in [-0.3, -0.25) is 0 Å². The van der Waals surface area contributed by atoms with Gasteiger partial charge in [0.25, 0.3) is 0 Å². The van der Waals surface area contributed by atoms with Crippen LogP contribution in [0.3, 0.4) is 0 Å². The van der Waals surface area contributed by atoms with Gasteiger partial charge in [0.05, 0.1) is 33.4 Å². The molecule has 0 saturated heterocycles. The number of hydrogen-bond donors (Lipinski definition) is 0. The van der Waals surface area contributed by atoms with Crippen molar-refractivity contribution in [3.05, 3.63) is 308 Å². The third-order valence-corrected chi connectivity index (χ3v) is 23.7. The second-order valence-electron chi connectivity index (χ2n) is 24.1. The van der Waals surface area contributed by atoms with Crippen molar-refractivity contribution in [2.24, 2.45) is 11.8 Å². The Hall–Kier alpha value is -9.87. The molecule has 4 heterocycles. The molecule has 412 valence electrons. The molecule has 1 spiro atoms. The molecule has 3 nitrogen and oxygen atoms in total. The van der Waals surface area contributed by atoms with Crippen molar-refractivity contribution < 1.29 is 0 Å². The average molecular weight is 1120 g/mol. The van der Waals surface area contributed by atoms with E-state index in [0.29, 0.717) is 11.8 Å². The molecule has 2 unspecified atom stereocenters. The molecule has 3 aliphatic rings. The summed E-state index contributed by atoms with van der Waals surface area (Å²) in [6.07, 6.45) is 3.12. The third kappa shape index (κ3) is 7.17. The number of para-hydroxylation sites is 5. The fourth-order valence-corrected chi connectivity index (χ4v) is 20.6. The molecule has 0 radical (unpaired) electrons. The summed E-state index contributed by atoms with van der Waals surface area (Å²) in [5.41, 5.74) is 22.1. The first-order valence-electron chi connectivity index (χ1n) is 30.5. The smallest absolute Gasteiger partial charge is 0.0541 e. The van der Waals surface area contributed by atoms with E-state index in [2.05, 4.69) is 320 Å². The summed E-state index contributed by atoms with van der Waals surface area (Å²) in [4.78, 5) is 8.06. The number of aromatic nitrogens is 2. The van der Waals surface area contributed by atoms with Crippen LogP contribution in [-0.2, 0) is 5.41 Å². The third-order valence-electron chi connectivity index (χ3n) is 19.7. The average Bonchev–Trinajstić information content (AvgIpc) is 1.26. The number of fused-ring (bicyclic) bond motifs is 13. The minimum absolute atomic E-state index is 0.182. The summed E-state index contributed by atoms with van der Waals surface area (Å²) < 4.78 is 4.94. The standard InChI is InChI=1S/C82H63N3S/c1-4-59-48-54(2)47-55(3)82(59)71-35-17-21-39-77(71)85(78-40-22-18-36-72(78)82)62-50-58(65-34-24-42-80-81(65)68-33-16-23-41-79(68)86(80,63-27-10-6-11-28-63)64-29-12-7-13-30-64)49-61(53-62)84-74-38-20-15-32-67(74)70-52-57(44-46-76(70)84)56-43-45-75-69(51-56)66-31-14-19-37-73(66)83(75)60-25-8-5-9-26-60/h5-46,49-53,55,59H,2,4,47-48H2,1,3H3. The number of benzene rings is 12. The molecule has 86 heavy (non-hydrogen) atoms. The Kier molecular flexibility index (Phi) is 11.5. The largest absolute Gasteiger partial charge is 0.310 e. The van der Waals surface area contributed by atoms with Gasteiger partial charge in [-0.25, -0.2) is 0 Å². The highest BCUT2D eigenvalue weighted by molar-refractivity contribution is 8.34. The highest BCUT2D eigenvalue weighted by Crippen LogP contribution is 2.80. The Morgan fingerprint density at radius 3 is 1.51 bits per heavy atom.